The molecule has 1 heteroatoms. The quantitative estimate of drug-likeness (QED) is 0.721. The van der Waals surface area contributed by atoms with Gasteiger partial charge in [-0.15, -0.1) is 0 Å². The molecule has 0 aliphatic rings. The summed E-state index contributed by atoms with van der Waals surface area (Å²) in [5, 5.41) is 0. The number of rotatable bonds is 5. The standard InChI is InChI=1S/C16H17O/c1-2-3-9-14-10-7-8-13-16(14)17-15-11-5-4-6-12-15/h4-8,10-11,13H,2-3,9H2,1H3. The van der Waals surface area contributed by atoms with Crippen molar-refractivity contribution >= 4 is 0 Å². The van der Waals surface area contributed by atoms with Crippen molar-refractivity contribution in [2.24, 2.45) is 0 Å². The van der Waals surface area contributed by atoms with Gasteiger partial charge in [0.25, 0.3) is 0 Å². The van der Waals surface area contributed by atoms with Gasteiger partial charge in [0.05, 0.1) is 0 Å². The van der Waals surface area contributed by atoms with Crippen molar-refractivity contribution in [1.29, 1.82) is 0 Å². The van der Waals surface area contributed by atoms with Gasteiger partial charge in [-0.1, -0.05) is 49.7 Å². The Kier molecular flexibility index (Phi) is 4.20. The third-order valence-electron chi connectivity index (χ3n) is 2.67. The molecule has 0 aliphatic carbocycles. The van der Waals surface area contributed by atoms with Gasteiger partial charge >= 0.3 is 0 Å². The van der Waals surface area contributed by atoms with E-state index in [0.29, 0.717) is 0 Å². The zero-order valence-corrected chi connectivity index (χ0v) is 10.1. The van der Waals surface area contributed by atoms with Crippen LogP contribution in [0.25, 0.3) is 0 Å². The van der Waals surface area contributed by atoms with E-state index >= 15 is 0 Å². The average Bonchev–Trinajstić information content (AvgIpc) is 2.39. The molecule has 0 bridgehead atoms. The molecule has 1 radical (unpaired) electrons. The molecule has 0 aromatic heterocycles. The minimum absolute atomic E-state index is 0.774. The summed E-state index contributed by atoms with van der Waals surface area (Å²) >= 11 is 0. The van der Waals surface area contributed by atoms with E-state index in [-0.39, 0.29) is 0 Å². The fourth-order valence-electron chi connectivity index (χ4n) is 1.74. The van der Waals surface area contributed by atoms with Gasteiger partial charge in [0, 0.05) is 6.07 Å². The first-order valence-corrected chi connectivity index (χ1v) is 6.12. The Balaban J connectivity index is 2.15. The second-order valence-corrected chi connectivity index (χ2v) is 4.04. The number of hydrogen-bond acceptors (Lipinski definition) is 1. The van der Waals surface area contributed by atoms with Crippen LogP contribution >= 0.6 is 0 Å². The second kappa shape index (κ2) is 6.09. The fraction of sp³-hybridized carbons (Fsp3) is 0.250. The molecule has 0 unspecified atom stereocenters. The van der Waals surface area contributed by atoms with E-state index in [1.807, 2.05) is 36.4 Å². The van der Waals surface area contributed by atoms with Crippen LogP contribution in [-0.2, 0) is 6.42 Å². The van der Waals surface area contributed by atoms with Crippen molar-refractivity contribution in [2.45, 2.75) is 26.2 Å². The summed E-state index contributed by atoms with van der Waals surface area (Å²) in [5.74, 6) is 1.72. The lowest BCUT2D eigenvalue weighted by Gasteiger charge is -2.10. The van der Waals surface area contributed by atoms with Crippen LogP contribution < -0.4 is 4.74 Å². The maximum Gasteiger partial charge on any atom is 0.135 e. The van der Waals surface area contributed by atoms with Crippen LogP contribution in [0.15, 0.2) is 48.5 Å². The van der Waals surface area contributed by atoms with E-state index < -0.39 is 0 Å². The van der Waals surface area contributed by atoms with E-state index in [4.69, 9.17) is 4.74 Å². The van der Waals surface area contributed by atoms with Crippen molar-refractivity contribution in [2.75, 3.05) is 0 Å². The smallest absolute Gasteiger partial charge is 0.135 e. The normalized spacial score (nSPS) is 10.2. The number of hydrogen-bond donors (Lipinski definition) is 0. The first-order chi connectivity index (χ1) is 8.40. The molecule has 0 spiro atoms. The van der Waals surface area contributed by atoms with Crippen LogP contribution in [0.4, 0.5) is 0 Å². The molecule has 87 valence electrons. The molecule has 0 saturated carbocycles. The first-order valence-electron chi connectivity index (χ1n) is 6.12. The first kappa shape index (κ1) is 11.7. The summed E-state index contributed by atoms with van der Waals surface area (Å²) in [7, 11) is 0. The summed E-state index contributed by atoms with van der Waals surface area (Å²) in [6.45, 7) is 2.20. The molecule has 0 atom stereocenters. The topological polar surface area (TPSA) is 9.23 Å². The van der Waals surface area contributed by atoms with Crippen LogP contribution in [0, 0.1) is 6.07 Å². The Morgan fingerprint density at radius 2 is 1.88 bits per heavy atom. The van der Waals surface area contributed by atoms with E-state index in [1.54, 1.807) is 0 Å². The van der Waals surface area contributed by atoms with E-state index in [2.05, 4.69) is 25.1 Å². The van der Waals surface area contributed by atoms with Crippen LogP contribution in [0.5, 0.6) is 11.5 Å². The van der Waals surface area contributed by atoms with Gasteiger partial charge in [-0.25, -0.2) is 0 Å². The van der Waals surface area contributed by atoms with Crippen LogP contribution in [-0.4, -0.2) is 0 Å². The number of aryl methyl sites for hydroxylation is 1. The summed E-state index contributed by atoms with van der Waals surface area (Å²) in [6.07, 6.45) is 3.46. The van der Waals surface area contributed by atoms with Gasteiger partial charge in [0.2, 0.25) is 0 Å². The van der Waals surface area contributed by atoms with E-state index in [0.717, 1.165) is 17.9 Å². The number of ether oxygens (including phenoxy) is 1. The largest absolute Gasteiger partial charge is 0.456 e. The van der Waals surface area contributed by atoms with Crippen LogP contribution in [0.2, 0.25) is 0 Å². The minimum Gasteiger partial charge on any atom is -0.456 e. The predicted molar refractivity (Wildman–Crippen MR) is 70.4 cm³/mol. The Hall–Kier alpha value is -1.76. The predicted octanol–water partition coefficient (Wildman–Crippen LogP) is 4.62. The maximum atomic E-state index is 5.85. The highest BCUT2D eigenvalue weighted by Crippen LogP contribution is 2.25. The lowest BCUT2D eigenvalue weighted by Crippen LogP contribution is -1.91. The second-order valence-electron chi connectivity index (χ2n) is 4.04. The summed E-state index contributed by atoms with van der Waals surface area (Å²) < 4.78 is 5.85. The summed E-state index contributed by atoms with van der Waals surface area (Å²) in [4.78, 5) is 0. The minimum atomic E-state index is 0.774. The highest BCUT2D eigenvalue weighted by atomic mass is 16.5. The Bertz CT molecular complexity index is 448. The average molecular weight is 225 g/mol. The van der Waals surface area contributed by atoms with Gasteiger partial charge < -0.3 is 4.74 Å². The van der Waals surface area contributed by atoms with Gasteiger partial charge in [0.15, 0.2) is 0 Å². The molecule has 17 heavy (non-hydrogen) atoms. The third-order valence-corrected chi connectivity index (χ3v) is 2.67. The molecule has 0 fully saturated rings. The highest BCUT2D eigenvalue weighted by Gasteiger charge is 2.03. The molecule has 0 heterocycles. The zero-order chi connectivity index (χ0) is 11.9. The molecule has 0 amide bonds. The van der Waals surface area contributed by atoms with Gasteiger partial charge in [-0.05, 0) is 30.5 Å². The zero-order valence-electron chi connectivity index (χ0n) is 10.1. The SMILES string of the molecule is CCCCc1ccccc1Oc1[c]cccc1. The van der Waals surface area contributed by atoms with Crippen molar-refractivity contribution in [3.8, 4) is 11.5 Å². The molecule has 0 aliphatic heterocycles. The highest BCUT2D eigenvalue weighted by molar-refractivity contribution is 5.37. The van der Waals surface area contributed by atoms with Gasteiger partial charge in [-0.2, -0.15) is 0 Å². The molecular weight excluding hydrogens is 208 g/mol. The Morgan fingerprint density at radius 1 is 1.06 bits per heavy atom. The maximum absolute atomic E-state index is 5.85. The van der Waals surface area contributed by atoms with Crippen molar-refractivity contribution in [1.82, 2.24) is 0 Å². The molecule has 0 N–H and O–H groups in total. The molecular formula is C16H17O. The fourth-order valence-corrected chi connectivity index (χ4v) is 1.74. The lowest BCUT2D eigenvalue weighted by atomic mass is 10.1. The Labute approximate surface area is 103 Å². The number of benzene rings is 2. The van der Waals surface area contributed by atoms with Gasteiger partial charge in [0.1, 0.15) is 11.5 Å². The molecule has 0 saturated heterocycles. The van der Waals surface area contributed by atoms with Gasteiger partial charge in [-0.3, -0.25) is 0 Å². The van der Waals surface area contributed by atoms with E-state index in [1.165, 1.54) is 18.4 Å². The number of para-hydroxylation sites is 2. The lowest BCUT2D eigenvalue weighted by molar-refractivity contribution is 0.474. The molecule has 2 rings (SSSR count). The van der Waals surface area contributed by atoms with Crippen molar-refractivity contribution in [3.05, 3.63) is 60.2 Å². The van der Waals surface area contributed by atoms with Crippen LogP contribution in [0.3, 0.4) is 0 Å². The summed E-state index contributed by atoms with van der Waals surface area (Å²) in [6, 6.07) is 19.0. The molecule has 2 aromatic rings. The summed E-state index contributed by atoms with van der Waals surface area (Å²) in [5.41, 5.74) is 1.27. The molecule has 2 aromatic carbocycles. The van der Waals surface area contributed by atoms with Crippen molar-refractivity contribution < 1.29 is 4.74 Å². The van der Waals surface area contributed by atoms with Crippen LogP contribution in [0.1, 0.15) is 25.3 Å². The third kappa shape index (κ3) is 3.35. The number of unbranched alkanes of at least 4 members (excludes halogenated alkanes) is 1. The monoisotopic (exact) mass is 225 g/mol. The van der Waals surface area contributed by atoms with E-state index in [9.17, 15) is 0 Å². The Morgan fingerprint density at radius 3 is 2.65 bits per heavy atom. The molecule has 1 nitrogen and oxygen atoms in total. The van der Waals surface area contributed by atoms with Crippen molar-refractivity contribution in [3.63, 3.8) is 0 Å².